The third-order valence-corrected chi connectivity index (χ3v) is 1.39. The van der Waals surface area contributed by atoms with Gasteiger partial charge in [0.1, 0.15) is 6.60 Å². The van der Waals surface area contributed by atoms with Crippen LogP contribution in [0.2, 0.25) is 20.0 Å². The molecule has 0 aliphatic carbocycles. The quantitative estimate of drug-likeness (QED) is 0.437. The molecule has 0 aliphatic heterocycles. The van der Waals surface area contributed by atoms with Crippen LogP contribution in [0.3, 0.4) is 0 Å². The maximum Gasteiger partial charge on any atom is 0.100 e. The summed E-state index contributed by atoms with van der Waals surface area (Å²) in [7, 11) is 1.33. The zero-order chi connectivity index (χ0) is 4.99. The number of hydrogen-bond acceptors (Lipinski definition) is 0. The first-order chi connectivity index (χ1) is 2.81. The van der Waals surface area contributed by atoms with Crippen LogP contribution in [0.15, 0.2) is 0 Å². The van der Waals surface area contributed by atoms with Crippen molar-refractivity contribution in [3.05, 3.63) is 0 Å². The topological polar surface area (TPSA) is 0 Å². The molecule has 34 valence electrons. The highest BCUT2D eigenvalue weighted by Crippen LogP contribution is 1.84. The molecule has 0 aliphatic rings. The van der Waals surface area contributed by atoms with Crippen LogP contribution in [0.25, 0.3) is 0 Å². The molecule has 0 nitrogen and oxygen atoms in total. The Morgan fingerprint density at radius 2 is 2.17 bits per heavy atom. The predicted octanol–water partition coefficient (Wildman–Crippen LogP) is 1.11. The number of hydrogen-bond donors (Lipinski definition) is 0. The van der Waals surface area contributed by atoms with E-state index in [4.69, 9.17) is 0 Å². The molecular weight excluding hydrogens is 69.7 g/mol. The van der Waals surface area contributed by atoms with E-state index in [-0.39, 0.29) is 0 Å². The molecule has 0 heterocycles. The largest absolute Gasteiger partial charge is 0.100 e. The first-order valence-electron chi connectivity index (χ1n) is 2.81. The zero-order valence-electron chi connectivity index (χ0n) is 4.99. The van der Waals surface area contributed by atoms with E-state index in [0.717, 1.165) is 6.60 Å². The third kappa shape index (κ3) is 2.37. The van der Waals surface area contributed by atoms with Gasteiger partial charge in [-0.2, -0.15) is 0 Å². The van der Waals surface area contributed by atoms with E-state index in [0.29, 0.717) is 0 Å². The van der Waals surface area contributed by atoms with E-state index in [1.807, 2.05) is 0 Å². The van der Waals surface area contributed by atoms with E-state index < -0.39 is 0 Å². The van der Waals surface area contributed by atoms with Crippen molar-refractivity contribution >= 4 is 13.8 Å². The maximum atomic E-state index is 2.28. The Kier molecular flexibility index (Phi) is 3.40. The number of rotatable bonds is 2. The average Bonchev–Trinajstić information content (AvgIpc) is 1.65. The second-order valence-corrected chi connectivity index (χ2v) is 1.92. The molecule has 0 radical (unpaired) electrons. The summed E-state index contributed by atoms with van der Waals surface area (Å²) in [5.74, 6) is 0. The average molecular weight is 81.8 g/mol. The minimum atomic E-state index is 0.935. The smallest absolute Gasteiger partial charge is 0.0955 e. The summed E-state index contributed by atoms with van der Waals surface area (Å²) in [5.41, 5.74) is 0. The van der Waals surface area contributed by atoms with E-state index in [9.17, 15) is 0 Å². The lowest BCUT2D eigenvalue weighted by Gasteiger charge is -1.91. The van der Waals surface area contributed by atoms with Gasteiger partial charge in [-0.05, 0) is 0 Å². The fraction of sp³-hybridized carbons (Fsp3) is 1.00. The summed E-state index contributed by atoms with van der Waals surface area (Å²) in [5, 5.41) is 0. The maximum absolute atomic E-state index is 2.28. The Morgan fingerprint density at radius 3 is 2.17 bits per heavy atom. The highest BCUT2D eigenvalue weighted by molar-refractivity contribution is 7.11. The second-order valence-electron chi connectivity index (χ2n) is 1.92. The van der Waals surface area contributed by atoms with Gasteiger partial charge in [-0.1, -0.05) is 26.9 Å². The predicted molar refractivity (Wildman–Crippen MR) is 35.1 cm³/mol. The molecule has 0 bridgehead atoms. The molecule has 0 aromatic carbocycles. The summed E-state index contributed by atoms with van der Waals surface area (Å²) < 4.78 is 0. The standard InChI is InChI=1S/C4H12B2/c1-4-6(3)5-2/h5H,4H2,1-3H3. The molecule has 0 aromatic rings. The molecule has 0 rings (SSSR count). The van der Waals surface area contributed by atoms with Crippen LogP contribution in [0, 0.1) is 0 Å². The van der Waals surface area contributed by atoms with Crippen molar-refractivity contribution in [2.45, 2.75) is 26.9 Å². The van der Waals surface area contributed by atoms with Crippen LogP contribution in [0.4, 0.5) is 0 Å². The molecule has 0 atom stereocenters. The minimum Gasteiger partial charge on any atom is -0.0955 e. The summed E-state index contributed by atoms with van der Waals surface area (Å²) in [6.45, 7) is 7.67. The first kappa shape index (κ1) is 6.13. The lowest BCUT2D eigenvalue weighted by Crippen LogP contribution is -2.11. The lowest BCUT2D eigenvalue weighted by atomic mass is 9.23. The summed E-state index contributed by atoms with van der Waals surface area (Å²) in [6.07, 6.45) is 1.33. The summed E-state index contributed by atoms with van der Waals surface area (Å²) >= 11 is 0. The van der Waals surface area contributed by atoms with E-state index >= 15 is 0 Å². The van der Waals surface area contributed by atoms with E-state index in [1.54, 1.807) is 0 Å². The van der Waals surface area contributed by atoms with Crippen LogP contribution in [-0.2, 0) is 0 Å². The van der Waals surface area contributed by atoms with Crippen LogP contribution in [0.1, 0.15) is 6.92 Å². The van der Waals surface area contributed by atoms with Crippen molar-refractivity contribution in [3.63, 3.8) is 0 Å². The van der Waals surface area contributed by atoms with Crippen LogP contribution in [-0.4, -0.2) is 13.8 Å². The molecule has 0 amide bonds. The Labute approximate surface area is 41.6 Å². The molecule has 0 saturated heterocycles. The Hall–Kier alpha value is 0.130. The second kappa shape index (κ2) is 3.32. The fourth-order valence-corrected chi connectivity index (χ4v) is 0.289. The van der Waals surface area contributed by atoms with Gasteiger partial charge in [0.25, 0.3) is 0 Å². The van der Waals surface area contributed by atoms with Gasteiger partial charge in [0.05, 0.1) is 7.17 Å². The fourth-order valence-electron chi connectivity index (χ4n) is 0.289. The molecule has 0 fully saturated rings. The minimum absolute atomic E-state index is 0.935. The monoisotopic (exact) mass is 82.1 g/mol. The summed E-state index contributed by atoms with van der Waals surface area (Å²) in [6, 6.07) is 0. The van der Waals surface area contributed by atoms with Crippen LogP contribution in [0.5, 0.6) is 0 Å². The van der Waals surface area contributed by atoms with Gasteiger partial charge in [0, 0.05) is 0 Å². The molecule has 2 heteroatoms. The molecule has 0 spiro atoms. The van der Waals surface area contributed by atoms with Gasteiger partial charge < -0.3 is 0 Å². The third-order valence-electron chi connectivity index (χ3n) is 1.39. The van der Waals surface area contributed by atoms with Crippen LogP contribution >= 0.6 is 0 Å². The van der Waals surface area contributed by atoms with Gasteiger partial charge in [0.2, 0.25) is 0 Å². The SMILES string of the molecule is CBB(C)CC. The van der Waals surface area contributed by atoms with Crippen molar-refractivity contribution in [1.82, 2.24) is 0 Å². The Morgan fingerprint density at radius 1 is 1.67 bits per heavy atom. The van der Waals surface area contributed by atoms with Crippen LogP contribution < -0.4 is 0 Å². The highest BCUT2D eigenvalue weighted by atomic mass is 13.4. The molecular formula is C4H12B2. The van der Waals surface area contributed by atoms with Crippen molar-refractivity contribution in [2.24, 2.45) is 0 Å². The lowest BCUT2D eigenvalue weighted by molar-refractivity contribution is 1.44. The first-order valence-corrected chi connectivity index (χ1v) is 2.81. The molecule has 6 heavy (non-hydrogen) atoms. The normalized spacial score (nSPS) is 7.83. The molecule has 0 aromatic heterocycles. The van der Waals surface area contributed by atoms with E-state index in [1.165, 1.54) is 13.5 Å². The van der Waals surface area contributed by atoms with E-state index in [2.05, 4.69) is 20.6 Å². The molecule has 0 N–H and O–H groups in total. The Bertz CT molecular complexity index is 24.7. The van der Waals surface area contributed by atoms with Crippen molar-refractivity contribution in [3.8, 4) is 0 Å². The van der Waals surface area contributed by atoms with Gasteiger partial charge in [-0.25, -0.2) is 0 Å². The van der Waals surface area contributed by atoms with Gasteiger partial charge in [0.15, 0.2) is 0 Å². The Balaban J connectivity index is 2.75. The van der Waals surface area contributed by atoms with Gasteiger partial charge >= 0.3 is 0 Å². The molecule has 0 unspecified atom stereocenters. The zero-order valence-corrected chi connectivity index (χ0v) is 4.99. The van der Waals surface area contributed by atoms with Crippen molar-refractivity contribution in [1.29, 1.82) is 0 Å². The van der Waals surface area contributed by atoms with Crippen molar-refractivity contribution in [2.75, 3.05) is 0 Å². The highest BCUT2D eigenvalue weighted by Gasteiger charge is 1.96. The van der Waals surface area contributed by atoms with Gasteiger partial charge in [-0.15, -0.1) is 0 Å². The van der Waals surface area contributed by atoms with Crippen molar-refractivity contribution < 1.29 is 0 Å². The summed E-state index contributed by atoms with van der Waals surface area (Å²) in [4.78, 5) is 0. The van der Waals surface area contributed by atoms with Gasteiger partial charge in [-0.3, -0.25) is 0 Å². The molecule has 0 saturated carbocycles.